The quantitative estimate of drug-likeness (QED) is 0.187. The van der Waals surface area contributed by atoms with Crippen LogP contribution in [-0.2, 0) is 14.3 Å². The van der Waals surface area contributed by atoms with Gasteiger partial charge in [0.2, 0.25) is 0 Å². The van der Waals surface area contributed by atoms with Crippen molar-refractivity contribution in [2.75, 3.05) is 6.61 Å². The number of halogens is 1. The predicted octanol–water partition coefficient (Wildman–Crippen LogP) is 3.39. The number of hydrogen-bond donors (Lipinski definition) is 0. The van der Waals surface area contributed by atoms with Crippen LogP contribution < -0.4 is 19.6 Å². The summed E-state index contributed by atoms with van der Waals surface area (Å²) in [6.07, 6.45) is 1.57. The molecule has 1 aliphatic heterocycles. The van der Waals surface area contributed by atoms with Crippen LogP contribution in [0, 0.1) is 10.1 Å². The zero-order chi connectivity index (χ0) is 26.9. The first-order chi connectivity index (χ1) is 17.6. The number of non-ortho nitro benzene ring substituents is 1. The zero-order valence-electron chi connectivity index (χ0n) is 19.9. The summed E-state index contributed by atoms with van der Waals surface area (Å²) in [7, 11) is 0. The molecule has 37 heavy (non-hydrogen) atoms. The Morgan fingerprint density at radius 2 is 2.03 bits per heavy atom. The predicted molar refractivity (Wildman–Crippen MR) is 139 cm³/mol. The van der Waals surface area contributed by atoms with Crippen LogP contribution in [0.4, 0.5) is 5.69 Å². The average molecular weight is 586 g/mol. The zero-order valence-corrected chi connectivity index (χ0v) is 22.3. The molecule has 0 amide bonds. The summed E-state index contributed by atoms with van der Waals surface area (Å²) < 4.78 is 12.8. The molecule has 0 spiro atoms. The average Bonchev–Trinajstić information content (AvgIpc) is 3.14. The van der Waals surface area contributed by atoms with Crippen molar-refractivity contribution < 1.29 is 24.0 Å². The molecule has 2 aromatic carbocycles. The highest BCUT2D eigenvalue weighted by Crippen LogP contribution is 2.32. The smallest absolute Gasteiger partial charge is 0.338 e. The van der Waals surface area contributed by atoms with E-state index in [4.69, 9.17) is 9.47 Å². The monoisotopic (exact) mass is 585 g/mol. The summed E-state index contributed by atoms with van der Waals surface area (Å²) in [6.45, 7) is 4.66. The van der Waals surface area contributed by atoms with Gasteiger partial charge < -0.3 is 9.47 Å². The van der Waals surface area contributed by atoms with Crippen LogP contribution in [0.15, 0.2) is 68.0 Å². The summed E-state index contributed by atoms with van der Waals surface area (Å²) >= 11 is 4.47. The molecular weight excluding hydrogens is 566 g/mol. The number of thiazole rings is 1. The number of rotatable bonds is 6. The molecule has 0 radical (unpaired) electrons. The molecule has 0 fully saturated rings. The molecule has 10 nitrogen and oxygen atoms in total. The normalized spacial score (nSPS) is 15.1. The molecule has 12 heteroatoms. The van der Waals surface area contributed by atoms with Gasteiger partial charge >= 0.3 is 11.9 Å². The van der Waals surface area contributed by atoms with E-state index in [2.05, 4.69) is 20.9 Å². The molecule has 0 saturated heterocycles. The lowest BCUT2D eigenvalue weighted by Crippen LogP contribution is -2.40. The van der Waals surface area contributed by atoms with Crippen molar-refractivity contribution in [3.63, 3.8) is 0 Å². The van der Waals surface area contributed by atoms with E-state index in [0.717, 1.165) is 11.3 Å². The van der Waals surface area contributed by atoms with Gasteiger partial charge in [-0.15, -0.1) is 0 Å². The number of aromatic nitrogens is 1. The number of hydrogen-bond acceptors (Lipinski definition) is 9. The first-order valence-corrected chi connectivity index (χ1v) is 12.6. The Kier molecular flexibility index (Phi) is 7.50. The van der Waals surface area contributed by atoms with Crippen molar-refractivity contribution in [1.82, 2.24) is 4.57 Å². The van der Waals surface area contributed by atoms with E-state index in [1.165, 1.54) is 29.7 Å². The topological polar surface area (TPSA) is 130 Å². The minimum atomic E-state index is -0.993. The number of nitro groups is 1. The summed E-state index contributed by atoms with van der Waals surface area (Å²) in [5.41, 5.74) is 0.640. The largest absolute Gasteiger partial charge is 0.463 e. The fourth-order valence-electron chi connectivity index (χ4n) is 3.94. The molecule has 3 aromatic rings. The third-order valence-electron chi connectivity index (χ3n) is 5.43. The highest BCUT2D eigenvalue weighted by molar-refractivity contribution is 9.10. The fraction of sp³-hybridized carbons (Fsp3) is 0.200. The maximum absolute atomic E-state index is 13.7. The SMILES string of the molecule is CCOC(=O)C1=C(C)N=c2sc(=Cc3cc(Br)ccc3OC(C)=O)c(=O)n2C1c1cccc([N+](=O)[O-])c1. The number of ether oxygens (including phenoxy) is 2. The molecule has 1 atom stereocenters. The summed E-state index contributed by atoms with van der Waals surface area (Å²) in [4.78, 5) is 54.0. The minimum absolute atomic E-state index is 0.101. The van der Waals surface area contributed by atoms with E-state index in [1.54, 1.807) is 44.2 Å². The molecule has 4 rings (SSSR count). The van der Waals surface area contributed by atoms with Crippen LogP contribution in [0.2, 0.25) is 0 Å². The van der Waals surface area contributed by atoms with Crippen molar-refractivity contribution in [3.05, 3.63) is 99.1 Å². The van der Waals surface area contributed by atoms with Gasteiger partial charge in [0, 0.05) is 29.1 Å². The van der Waals surface area contributed by atoms with Crippen LogP contribution in [0.1, 0.15) is 37.9 Å². The molecule has 0 saturated carbocycles. The van der Waals surface area contributed by atoms with Crippen LogP contribution in [0.3, 0.4) is 0 Å². The number of allylic oxidation sites excluding steroid dienone is 1. The molecule has 1 aromatic heterocycles. The molecular formula is C25H20BrN3O7S. The van der Waals surface area contributed by atoms with Gasteiger partial charge in [-0.3, -0.25) is 24.3 Å². The highest BCUT2D eigenvalue weighted by Gasteiger charge is 2.34. The van der Waals surface area contributed by atoms with Gasteiger partial charge in [0.05, 0.1) is 33.4 Å². The van der Waals surface area contributed by atoms with E-state index >= 15 is 0 Å². The van der Waals surface area contributed by atoms with Gasteiger partial charge in [0.25, 0.3) is 11.2 Å². The number of fused-ring (bicyclic) bond motifs is 1. The Labute approximate surface area is 222 Å². The number of nitro benzene ring substituents is 1. The van der Waals surface area contributed by atoms with Crippen molar-refractivity contribution in [2.24, 2.45) is 4.99 Å². The van der Waals surface area contributed by atoms with E-state index in [9.17, 15) is 24.5 Å². The van der Waals surface area contributed by atoms with E-state index < -0.39 is 28.5 Å². The summed E-state index contributed by atoms with van der Waals surface area (Å²) in [5.74, 6) is -0.919. The van der Waals surface area contributed by atoms with Gasteiger partial charge in [-0.05, 0) is 43.7 Å². The second-order valence-electron chi connectivity index (χ2n) is 7.93. The minimum Gasteiger partial charge on any atom is -0.463 e. The number of benzene rings is 2. The highest BCUT2D eigenvalue weighted by atomic mass is 79.9. The van der Waals surface area contributed by atoms with E-state index in [1.807, 2.05) is 0 Å². The number of carbonyl (C=O) groups excluding carboxylic acids is 2. The Morgan fingerprint density at radius 3 is 2.70 bits per heavy atom. The summed E-state index contributed by atoms with van der Waals surface area (Å²) in [5, 5.41) is 11.4. The van der Waals surface area contributed by atoms with Gasteiger partial charge in [0.15, 0.2) is 4.80 Å². The Hall–Kier alpha value is -3.90. The van der Waals surface area contributed by atoms with E-state index in [-0.39, 0.29) is 28.1 Å². The van der Waals surface area contributed by atoms with Gasteiger partial charge in [-0.25, -0.2) is 9.79 Å². The van der Waals surface area contributed by atoms with Gasteiger partial charge in [0.1, 0.15) is 5.75 Å². The molecule has 0 aliphatic carbocycles. The second-order valence-corrected chi connectivity index (χ2v) is 9.85. The third-order valence-corrected chi connectivity index (χ3v) is 6.90. The van der Waals surface area contributed by atoms with Crippen molar-refractivity contribution in [2.45, 2.75) is 26.8 Å². The first-order valence-electron chi connectivity index (χ1n) is 11.0. The van der Waals surface area contributed by atoms with Gasteiger partial charge in [-0.2, -0.15) is 0 Å². The lowest BCUT2D eigenvalue weighted by atomic mass is 9.95. The molecule has 0 bridgehead atoms. The number of carbonyl (C=O) groups is 2. The fourth-order valence-corrected chi connectivity index (χ4v) is 5.35. The third kappa shape index (κ3) is 5.30. The van der Waals surface area contributed by atoms with Crippen molar-refractivity contribution in [3.8, 4) is 5.75 Å². The lowest BCUT2D eigenvalue weighted by molar-refractivity contribution is -0.384. The Bertz CT molecular complexity index is 1660. The van der Waals surface area contributed by atoms with Crippen LogP contribution in [0.25, 0.3) is 6.08 Å². The maximum Gasteiger partial charge on any atom is 0.338 e. The molecule has 1 unspecified atom stereocenters. The summed E-state index contributed by atoms with van der Waals surface area (Å²) in [6, 6.07) is 9.77. The first kappa shape index (κ1) is 26.2. The maximum atomic E-state index is 13.7. The van der Waals surface area contributed by atoms with Crippen molar-refractivity contribution >= 4 is 51.0 Å². The van der Waals surface area contributed by atoms with Crippen LogP contribution in [-0.4, -0.2) is 28.0 Å². The Morgan fingerprint density at radius 1 is 1.27 bits per heavy atom. The standard InChI is InChI=1S/C25H20BrN3O7S/c1-4-35-24(32)21-13(2)27-25-28(22(21)15-6-5-7-18(11-15)29(33)34)23(31)20(37-25)12-16-10-17(26)8-9-19(16)36-14(3)30/h5-12,22H,4H2,1-3H3. The number of esters is 2. The Balaban J connectivity index is 1.98. The van der Waals surface area contributed by atoms with Gasteiger partial charge in [-0.1, -0.05) is 39.4 Å². The molecule has 1 aliphatic rings. The second kappa shape index (κ2) is 10.6. The molecule has 2 heterocycles. The molecule has 190 valence electrons. The molecule has 0 N–H and O–H groups in total. The van der Waals surface area contributed by atoms with E-state index in [0.29, 0.717) is 26.1 Å². The van der Waals surface area contributed by atoms with Crippen LogP contribution >= 0.6 is 27.3 Å². The van der Waals surface area contributed by atoms with Crippen LogP contribution in [0.5, 0.6) is 5.75 Å². The number of nitrogens with zero attached hydrogens (tertiary/aromatic N) is 3. The van der Waals surface area contributed by atoms with Crippen molar-refractivity contribution in [1.29, 1.82) is 0 Å². The lowest BCUT2D eigenvalue weighted by Gasteiger charge is -2.24.